The highest BCUT2D eigenvalue weighted by molar-refractivity contribution is 5.94. The van der Waals surface area contributed by atoms with Gasteiger partial charge in [0.05, 0.1) is 0 Å². The molecule has 0 aromatic heterocycles. The number of amides is 1. The second-order valence-corrected chi connectivity index (χ2v) is 4.64. The first-order chi connectivity index (χ1) is 7.27. The maximum atomic E-state index is 11.8. The van der Waals surface area contributed by atoms with Crippen LogP contribution in [0.15, 0.2) is 11.1 Å². The van der Waals surface area contributed by atoms with Crippen LogP contribution in [0.5, 0.6) is 0 Å². The van der Waals surface area contributed by atoms with Crippen molar-refractivity contribution >= 4 is 5.91 Å². The van der Waals surface area contributed by atoms with Crippen molar-refractivity contribution in [2.24, 2.45) is 0 Å². The molecule has 1 aliphatic carbocycles. The van der Waals surface area contributed by atoms with E-state index in [2.05, 4.69) is 10.6 Å². The average molecular weight is 208 g/mol. The molecule has 0 spiro atoms. The summed E-state index contributed by atoms with van der Waals surface area (Å²) in [6, 6.07) is 0.426. The van der Waals surface area contributed by atoms with Crippen molar-refractivity contribution < 1.29 is 4.79 Å². The van der Waals surface area contributed by atoms with E-state index >= 15 is 0 Å². The minimum Gasteiger partial charge on any atom is -0.350 e. The molecule has 0 atom stereocenters. The molecule has 1 saturated carbocycles. The van der Waals surface area contributed by atoms with Crippen LogP contribution in [-0.4, -0.2) is 25.0 Å². The molecule has 0 unspecified atom stereocenters. The summed E-state index contributed by atoms with van der Waals surface area (Å²) < 4.78 is 0. The van der Waals surface area contributed by atoms with Gasteiger partial charge in [0.1, 0.15) is 0 Å². The molecule has 1 amide bonds. The lowest BCUT2D eigenvalue weighted by atomic mass is 9.95. The molecule has 2 N–H and O–H groups in total. The standard InChI is InChI=1S/C12H20N2O/c1-9(10-7-13-8-10)12(15)14-11-5-3-2-4-6-11/h11,13H,2-8H2,1H3,(H,14,15). The Labute approximate surface area is 91.3 Å². The molecule has 1 aliphatic heterocycles. The predicted octanol–water partition coefficient (Wildman–Crippen LogP) is 1.35. The van der Waals surface area contributed by atoms with E-state index in [0.29, 0.717) is 6.04 Å². The van der Waals surface area contributed by atoms with Gasteiger partial charge in [-0.15, -0.1) is 0 Å². The summed E-state index contributed by atoms with van der Waals surface area (Å²) in [5.41, 5.74) is 2.20. The number of carbonyl (C=O) groups is 1. The Kier molecular flexibility index (Phi) is 3.41. The molecule has 15 heavy (non-hydrogen) atoms. The number of nitrogens with one attached hydrogen (secondary N) is 2. The maximum Gasteiger partial charge on any atom is 0.247 e. The molecule has 0 bridgehead atoms. The molecular weight excluding hydrogens is 188 g/mol. The quantitative estimate of drug-likeness (QED) is 0.673. The predicted molar refractivity (Wildman–Crippen MR) is 60.6 cm³/mol. The zero-order chi connectivity index (χ0) is 10.7. The van der Waals surface area contributed by atoms with Gasteiger partial charge in [-0.3, -0.25) is 4.79 Å². The maximum absolute atomic E-state index is 11.8. The summed E-state index contributed by atoms with van der Waals surface area (Å²) in [6.45, 7) is 3.72. The molecule has 1 saturated heterocycles. The van der Waals surface area contributed by atoms with E-state index in [9.17, 15) is 4.79 Å². The average Bonchev–Trinajstić information content (AvgIpc) is 2.16. The van der Waals surface area contributed by atoms with E-state index in [0.717, 1.165) is 31.5 Å². The third-order valence-electron chi connectivity index (χ3n) is 3.49. The normalized spacial score (nSPS) is 22.1. The Morgan fingerprint density at radius 1 is 1.27 bits per heavy atom. The molecular formula is C12H20N2O. The lowest BCUT2D eigenvalue weighted by molar-refractivity contribution is -0.118. The van der Waals surface area contributed by atoms with Crippen LogP contribution in [0, 0.1) is 0 Å². The molecule has 2 aliphatic rings. The summed E-state index contributed by atoms with van der Waals surface area (Å²) in [6.07, 6.45) is 6.18. The molecule has 0 radical (unpaired) electrons. The van der Waals surface area contributed by atoms with Gasteiger partial charge < -0.3 is 10.6 Å². The van der Waals surface area contributed by atoms with Crippen LogP contribution in [0.1, 0.15) is 39.0 Å². The molecule has 0 aromatic rings. The van der Waals surface area contributed by atoms with Gasteiger partial charge in [0.15, 0.2) is 0 Å². The van der Waals surface area contributed by atoms with Gasteiger partial charge in [-0.25, -0.2) is 0 Å². The van der Waals surface area contributed by atoms with Crippen LogP contribution in [-0.2, 0) is 4.79 Å². The molecule has 0 aromatic carbocycles. The summed E-state index contributed by atoms with van der Waals surface area (Å²) in [5.74, 6) is 0.151. The van der Waals surface area contributed by atoms with Crippen LogP contribution >= 0.6 is 0 Å². The zero-order valence-electron chi connectivity index (χ0n) is 9.44. The Morgan fingerprint density at radius 3 is 2.47 bits per heavy atom. The van der Waals surface area contributed by atoms with Gasteiger partial charge in [0.25, 0.3) is 0 Å². The monoisotopic (exact) mass is 208 g/mol. The van der Waals surface area contributed by atoms with E-state index in [4.69, 9.17) is 0 Å². The van der Waals surface area contributed by atoms with Crippen molar-refractivity contribution in [3.05, 3.63) is 11.1 Å². The summed E-state index contributed by atoms with van der Waals surface area (Å²) in [7, 11) is 0. The number of hydrogen-bond donors (Lipinski definition) is 2. The summed E-state index contributed by atoms with van der Waals surface area (Å²) in [4.78, 5) is 11.8. The van der Waals surface area contributed by atoms with Crippen molar-refractivity contribution in [1.82, 2.24) is 10.6 Å². The molecule has 84 valence electrons. The van der Waals surface area contributed by atoms with Crippen LogP contribution in [0.25, 0.3) is 0 Å². The van der Waals surface area contributed by atoms with Gasteiger partial charge in [-0.05, 0) is 25.3 Å². The first-order valence-corrected chi connectivity index (χ1v) is 5.97. The number of rotatable bonds is 2. The molecule has 2 rings (SSSR count). The smallest absolute Gasteiger partial charge is 0.247 e. The van der Waals surface area contributed by atoms with Crippen molar-refractivity contribution in [3.8, 4) is 0 Å². The van der Waals surface area contributed by atoms with E-state index in [1.807, 2.05) is 6.92 Å². The highest BCUT2D eigenvalue weighted by Crippen LogP contribution is 2.18. The first-order valence-electron chi connectivity index (χ1n) is 5.97. The minimum atomic E-state index is 0.151. The second kappa shape index (κ2) is 4.79. The van der Waals surface area contributed by atoms with Crippen molar-refractivity contribution in [3.63, 3.8) is 0 Å². The minimum absolute atomic E-state index is 0.151. The van der Waals surface area contributed by atoms with E-state index in [1.54, 1.807) is 0 Å². The van der Waals surface area contributed by atoms with Crippen LogP contribution < -0.4 is 10.6 Å². The number of hydrogen-bond acceptors (Lipinski definition) is 2. The largest absolute Gasteiger partial charge is 0.350 e. The van der Waals surface area contributed by atoms with Crippen LogP contribution in [0.3, 0.4) is 0 Å². The third-order valence-corrected chi connectivity index (χ3v) is 3.49. The zero-order valence-corrected chi connectivity index (χ0v) is 9.44. The summed E-state index contributed by atoms with van der Waals surface area (Å²) in [5, 5.41) is 6.31. The molecule has 3 heteroatoms. The van der Waals surface area contributed by atoms with E-state index in [-0.39, 0.29) is 5.91 Å². The molecule has 2 fully saturated rings. The molecule has 3 nitrogen and oxygen atoms in total. The highest BCUT2D eigenvalue weighted by atomic mass is 16.1. The van der Waals surface area contributed by atoms with Gasteiger partial charge in [0, 0.05) is 24.7 Å². The van der Waals surface area contributed by atoms with Gasteiger partial charge in [0.2, 0.25) is 5.91 Å². The fraction of sp³-hybridized carbons (Fsp3) is 0.750. The van der Waals surface area contributed by atoms with Crippen molar-refractivity contribution in [2.75, 3.05) is 13.1 Å². The van der Waals surface area contributed by atoms with Crippen molar-refractivity contribution in [1.29, 1.82) is 0 Å². The lowest BCUT2D eigenvalue weighted by Gasteiger charge is -2.25. The topological polar surface area (TPSA) is 41.1 Å². The number of carbonyl (C=O) groups excluding carboxylic acids is 1. The Bertz CT molecular complexity index is 271. The second-order valence-electron chi connectivity index (χ2n) is 4.64. The highest BCUT2D eigenvalue weighted by Gasteiger charge is 2.19. The van der Waals surface area contributed by atoms with Crippen LogP contribution in [0.2, 0.25) is 0 Å². The van der Waals surface area contributed by atoms with Gasteiger partial charge >= 0.3 is 0 Å². The van der Waals surface area contributed by atoms with Gasteiger partial charge in [-0.1, -0.05) is 19.3 Å². The summed E-state index contributed by atoms with van der Waals surface area (Å²) >= 11 is 0. The first kappa shape index (κ1) is 10.7. The van der Waals surface area contributed by atoms with Crippen molar-refractivity contribution in [2.45, 2.75) is 45.1 Å². The van der Waals surface area contributed by atoms with Gasteiger partial charge in [-0.2, -0.15) is 0 Å². The van der Waals surface area contributed by atoms with Crippen LogP contribution in [0.4, 0.5) is 0 Å². The molecule has 1 heterocycles. The lowest BCUT2D eigenvalue weighted by Crippen LogP contribution is -2.41. The third kappa shape index (κ3) is 2.59. The SMILES string of the molecule is CC(C(=O)NC1CCCCC1)=C1CNC1. The van der Waals surface area contributed by atoms with E-state index < -0.39 is 0 Å². The Morgan fingerprint density at radius 2 is 1.93 bits per heavy atom. The fourth-order valence-electron chi connectivity index (χ4n) is 2.22. The Hall–Kier alpha value is -0.830. The Balaban J connectivity index is 1.85. The van der Waals surface area contributed by atoms with E-state index in [1.165, 1.54) is 24.8 Å². The fourth-order valence-corrected chi connectivity index (χ4v) is 2.22.